The highest BCUT2D eigenvalue weighted by Gasteiger charge is 2.12. The van der Waals surface area contributed by atoms with E-state index in [0.717, 1.165) is 0 Å². The molecule has 0 saturated heterocycles. The van der Waals surface area contributed by atoms with Gasteiger partial charge < -0.3 is 13.9 Å². The lowest BCUT2D eigenvalue weighted by Gasteiger charge is -2.07. The molecule has 0 spiro atoms. The monoisotopic (exact) mass is 410 g/mol. The van der Waals surface area contributed by atoms with E-state index in [1.165, 1.54) is 0 Å². The van der Waals surface area contributed by atoms with Gasteiger partial charge >= 0.3 is 5.97 Å². The molecular weight excluding hydrogens is 399 g/mol. The van der Waals surface area contributed by atoms with E-state index in [9.17, 15) is 4.79 Å². The zero-order valence-electron chi connectivity index (χ0n) is 13.4. The maximum atomic E-state index is 11.8. The number of carbonyl (C=O) groups excluding carboxylic acids is 1. The van der Waals surface area contributed by atoms with E-state index in [-0.39, 0.29) is 13.2 Å². The van der Waals surface area contributed by atoms with Crippen molar-refractivity contribution in [1.82, 2.24) is 0 Å². The Balaban J connectivity index is 1.55. The molecule has 7 heteroatoms. The van der Waals surface area contributed by atoms with E-state index >= 15 is 0 Å². The van der Waals surface area contributed by atoms with Crippen molar-refractivity contribution in [2.75, 3.05) is 6.61 Å². The molecule has 1 heterocycles. The number of para-hydroxylation sites is 1. The maximum absolute atomic E-state index is 11.8. The predicted molar refractivity (Wildman–Crippen MR) is 101 cm³/mol. The second kappa shape index (κ2) is 8.49. The van der Waals surface area contributed by atoms with Crippen LogP contribution in [0.1, 0.15) is 5.76 Å². The Kier molecular flexibility index (Phi) is 6.09. The van der Waals surface area contributed by atoms with Crippen LogP contribution in [0.5, 0.6) is 5.75 Å². The Morgan fingerprint density at radius 3 is 2.50 bits per heavy atom. The van der Waals surface area contributed by atoms with Crippen LogP contribution >= 0.6 is 34.8 Å². The first-order chi connectivity index (χ1) is 12.5. The molecule has 1 aromatic heterocycles. The van der Waals surface area contributed by atoms with Crippen LogP contribution < -0.4 is 4.74 Å². The number of rotatable bonds is 6. The molecule has 2 aromatic carbocycles. The minimum atomic E-state index is -0.538. The Bertz CT molecular complexity index is 921. The molecule has 3 aromatic rings. The third-order valence-corrected chi connectivity index (χ3v) is 4.57. The predicted octanol–water partition coefficient (Wildman–Crippen LogP) is 6.03. The minimum absolute atomic E-state index is 0.0249. The van der Waals surface area contributed by atoms with E-state index in [4.69, 9.17) is 48.7 Å². The van der Waals surface area contributed by atoms with Gasteiger partial charge in [0.15, 0.2) is 6.61 Å². The van der Waals surface area contributed by atoms with Crippen molar-refractivity contribution < 1.29 is 18.7 Å². The number of ether oxygens (including phenoxy) is 2. The van der Waals surface area contributed by atoms with Gasteiger partial charge in [0.05, 0.1) is 15.1 Å². The zero-order chi connectivity index (χ0) is 18.5. The number of benzene rings is 2. The number of hydrogen-bond acceptors (Lipinski definition) is 4. The van der Waals surface area contributed by atoms with Gasteiger partial charge in [0, 0.05) is 5.56 Å². The van der Waals surface area contributed by atoms with Gasteiger partial charge in [0.25, 0.3) is 0 Å². The van der Waals surface area contributed by atoms with Crippen molar-refractivity contribution in [3.63, 3.8) is 0 Å². The van der Waals surface area contributed by atoms with Crippen molar-refractivity contribution in [1.29, 1.82) is 0 Å². The molecule has 0 amide bonds. The Morgan fingerprint density at radius 1 is 0.923 bits per heavy atom. The summed E-state index contributed by atoms with van der Waals surface area (Å²) >= 11 is 18.1. The first kappa shape index (κ1) is 18.6. The highest BCUT2D eigenvalue weighted by Crippen LogP contribution is 2.34. The second-order valence-electron chi connectivity index (χ2n) is 5.25. The fraction of sp³-hybridized carbons (Fsp3) is 0.105. The molecule has 26 heavy (non-hydrogen) atoms. The molecule has 0 saturated carbocycles. The summed E-state index contributed by atoms with van der Waals surface area (Å²) in [4.78, 5) is 11.8. The van der Waals surface area contributed by atoms with E-state index in [2.05, 4.69) is 0 Å². The topological polar surface area (TPSA) is 48.7 Å². The van der Waals surface area contributed by atoms with Gasteiger partial charge in [-0.15, -0.1) is 0 Å². The van der Waals surface area contributed by atoms with Crippen LogP contribution in [0, 0.1) is 0 Å². The molecule has 134 valence electrons. The van der Waals surface area contributed by atoms with Crippen LogP contribution in [0.25, 0.3) is 11.3 Å². The van der Waals surface area contributed by atoms with Gasteiger partial charge in [0.1, 0.15) is 23.9 Å². The quantitative estimate of drug-likeness (QED) is 0.465. The molecule has 0 unspecified atom stereocenters. The summed E-state index contributed by atoms with van der Waals surface area (Å²) in [6, 6.07) is 15.6. The minimum Gasteiger partial charge on any atom is -0.480 e. The molecule has 0 aliphatic heterocycles. The molecule has 0 aliphatic rings. The van der Waals surface area contributed by atoms with Crippen LogP contribution in [0.2, 0.25) is 15.1 Å². The van der Waals surface area contributed by atoms with Crippen molar-refractivity contribution >= 4 is 40.8 Å². The van der Waals surface area contributed by atoms with Crippen molar-refractivity contribution in [2.24, 2.45) is 0 Å². The Hall–Kier alpha value is -2.14. The van der Waals surface area contributed by atoms with Crippen LogP contribution in [-0.2, 0) is 16.1 Å². The maximum Gasteiger partial charge on any atom is 0.344 e. The SMILES string of the molecule is O=C(COc1ccccc1Cl)OCc1ccc(-c2cccc(Cl)c2Cl)o1. The lowest BCUT2D eigenvalue weighted by Crippen LogP contribution is -2.14. The summed E-state index contributed by atoms with van der Waals surface area (Å²) in [5.74, 6) is 0.892. The van der Waals surface area contributed by atoms with Gasteiger partial charge in [-0.3, -0.25) is 0 Å². The highest BCUT2D eigenvalue weighted by molar-refractivity contribution is 6.43. The summed E-state index contributed by atoms with van der Waals surface area (Å²) in [7, 11) is 0. The van der Waals surface area contributed by atoms with Crippen LogP contribution in [0.4, 0.5) is 0 Å². The van der Waals surface area contributed by atoms with E-state index < -0.39 is 5.97 Å². The summed E-state index contributed by atoms with van der Waals surface area (Å²) in [5, 5.41) is 1.26. The lowest BCUT2D eigenvalue weighted by atomic mass is 10.2. The van der Waals surface area contributed by atoms with Gasteiger partial charge in [-0.05, 0) is 36.4 Å². The molecule has 4 nitrogen and oxygen atoms in total. The van der Waals surface area contributed by atoms with E-state index in [1.54, 1.807) is 54.6 Å². The van der Waals surface area contributed by atoms with E-state index in [0.29, 0.717) is 37.9 Å². The average molecular weight is 412 g/mol. The van der Waals surface area contributed by atoms with Gasteiger partial charge in [0.2, 0.25) is 0 Å². The largest absolute Gasteiger partial charge is 0.480 e. The van der Waals surface area contributed by atoms with Crippen molar-refractivity contribution in [3.8, 4) is 17.1 Å². The normalized spacial score (nSPS) is 10.6. The van der Waals surface area contributed by atoms with Gasteiger partial charge in [-0.25, -0.2) is 4.79 Å². The van der Waals surface area contributed by atoms with Crippen LogP contribution in [0.3, 0.4) is 0 Å². The van der Waals surface area contributed by atoms with Crippen LogP contribution in [0.15, 0.2) is 59.0 Å². The molecule has 0 N–H and O–H groups in total. The molecule has 3 rings (SSSR count). The third kappa shape index (κ3) is 4.52. The van der Waals surface area contributed by atoms with Crippen molar-refractivity contribution in [3.05, 3.63) is 75.4 Å². The number of furan rings is 1. The number of carbonyl (C=O) groups is 1. The van der Waals surface area contributed by atoms with Gasteiger partial charge in [-0.1, -0.05) is 53.0 Å². The Labute approximate surface area is 165 Å². The van der Waals surface area contributed by atoms with Crippen molar-refractivity contribution in [2.45, 2.75) is 6.61 Å². The smallest absolute Gasteiger partial charge is 0.344 e. The Morgan fingerprint density at radius 2 is 1.69 bits per heavy atom. The van der Waals surface area contributed by atoms with E-state index in [1.807, 2.05) is 0 Å². The number of esters is 1. The molecule has 0 atom stereocenters. The molecule has 0 bridgehead atoms. The summed E-state index contributed by atoms with van der Waals surface area (Å²) < 4.78 is 16.1. The number of halogens is 3. The lowest BCUT2D eigenvalue weighted by molar-refractivity contribution is -0.147. The van der Waals surface area contributed by atoms with Gasteiger partial charge in [-0.2, -0.15) is 0 Å². The molecule has 0 fully saturated rings. The van der Waals surface area contributed by atoms with Crippen LogP contribution in [-0.4, -0.2) is 12.6 Å². The standard InChI is InChI=1S/C19H13Cl3O4/c20-14-5-1-2-7-17(14)24-11-18(23)25-10-12-8-9-16(26-12)13-4-3-6-15(21)19(13)22/h1-9H,10-11H2. The fourth-order valence-corrected chi connectivity index (χ4v) is 2.77. The summed E-state index contributed by atoms with van der Waals surface area (Å²) in [6.07, 6.45) is 0. The zero-order valence-corrected chi connectivity index (χ0v) is 15.6. The third-order valence-electron chi connectivity index (χ3n) is 3.44. The highest BCUT2D eigenvalue weighted by atomic mass is 35.5. The molecular formula is C19H13Cl3O4. The number of hydrogen-bond donors (Lipinski definition) is 0. The summed E-state index contributed by atoms with van der Waals surface area (Å²) in [5.41, 5.74) is 0.666. The summed E-state index contributed by atoms with van der Waals surface area (Å²) in [6.45, 7) is -0.277. The molecule has 0 radical (unpaired) electrons. The molecule has 0 aliphatic carbocycles. The second-order valence-corrected chi connectivity index (χ2v) is 6.44. The first-order valence-electron chi connectivity index (χ1n) is 7.60. The average Bonchev–Trinajstić information content (AvgIpc) is 3.10. The fourth-order valence-electron chi connectivity index (χ4n) is 2.19. The first-order valence-corrected chi connectivity index (χ1v) is 8.74.